The van der Waals surface area contributed by atoms with Gasteiger partial charge in [-0.3, -0.25) is 14.4 Å². The fourth-order valence-electron chi connectivity index (χ4n) is 9.90. The Morgan fingerprint density at radius 1 is 0.731 bits per heavy atom. The number of cyclic esters (lactones) is 1. The summed E-state index contributed by atoms with van der Waals surface area (Å²) in [6.45, 7) is 7.07. The predicted molar refractivity (Wildman–Crippen MR) is 293 cm³/mol. The summed E-state index contributed by atoms with van der Waals surface area (Å²) in [4.78, 5) is 39.2. The molecule has 2 bridgehead atoms. The van der Waals surface area contributed by atoms with Gasteiger partial charge in [-0.1, -0.05) is 106 Å². The number of Topliss-reactive ketones (excluding diaryl/α,β-unsaturated/α-hetero) is 2. The topological polar surface area (TPSA) is 328 Å². The molecule has 19 heteroatoms. The Morgan fingerprint density at radius 3 is 1.85 bits per heavy atom. The molecule has 3 heterocycles. The second kappa shape index (κ2) is 33.3. The largest absolute Gasteiger partial charge is 0.461 e. The van der Waals surface area contributed by atoms with E-state index in [-0.39, 0.29) is 69.0 Å². The second-order valence-electron chi connectivity index (χ2n) is 21.4. The molecule has 0 radical (unpaired) electrons. The number of aliphatic hydroxyl groups is 10. The van der Waals surface area contributed by atoms with Gasteiger partial charge in [0.15, 0.2) is 17.9 Å². The SMILES string of the molecule is CNc1ccc(C(=O)CC(O)CC[C@H](C)C2OC(=O)CC(=O)C[C@H](O)C[C@H](O)C[C@H](O)C[C@H](O)C[C@H](O)C[C@@]3(O)C[C@H](O)[C@@H](C)[C@H](C[C@@H](O[C@@H]4O[C@H](C)[C@@H](N)[C@H](O)[C@@H]4O)C=CC=CC=CC=CC=CC=CC=C[C@@H]2C)O3)cc1. The molecule has 1 aromatic carbocycles. The van der Waals surface area contributed by atoms with Crippen molar-refractivity contribution < 1.29 is 84.4 Å². The van der Waals surface area contributed by atoms with E-state index in [0.29, 0.717) is 12.0 Å². The minimum atomic E-state index is -2.06. The van der Waals surface area contributed by atoms with Gasteiger partial charge in [0.2, 0.25) is 0 Å². The van der Waals surface area contributed by atoms with Crippen molar-refractivity contribution >= 4 is 23.2 Å². The van der Waals surface area contributed by atoms with Crippen LogP contribution in [0.3, 0.4) is 0 Å². The van der Waals surface area contributed by atoms with E-state index in [2.05, 4.69) is 5.32 Å². The highest BCUT2D eigenvalue weighted by Crippen LogP contribution is 2.38. The Kier molecular flexibility index (Phi) is 28.1. The molecule has 0 spiro atoms. The van der Waals surface area contributed by atoms with Gasteiger partial charge in [0.05, 0.1) is 67.1 Å². The lowest BCUT2D eigenvalue weighted by Gasteiger charge is -2.45. The smallest absolute Gasteiger partial charge is 0.313 e. The van der Waals surface area contributed by atoms with Crippen molar-refractivity contribution in [3.8, 4) is 0 Å². The van der Waals surface area contributed by atoms with E-state index in [1.165, 1.54) is 0 Å². The van der Waals surface area contributed by atoms with Crippen LogP contribution in [-0.4, -0.2) is 173 Å². The minimum Gasteiger partial charge on any atom is -0.461 e. The first-order valence-electron chi connectivity index (χ1n) is 27.3. The van der Waals surface area contributed by atoms with Gasteiger partial charge in [0.1, 0.15) is 30.5 Å². The standard InChI is InChI=1S/C59H88N2O17/c1-36-18-16-14-12-10-8-6-7-9-11-13-15-17-19-49(76-58-56(73)55(72)54(60)39(4)75-58)33-52-38(3)51(70)35-59(74,78-52)34-48(68)30-46(66)28-44(64)26-43(63)27-45(65)29-47(67)32-53(71)77-57(36)37(2)20-25-42(62)31-50(69)40-21-23-41(61-5)24-22-40/h6-19,21-24,36-39,42-46,48-49,51-52,54-58,61-66,68,70,72-74H,20,25-35,60H2,1-5H3/t36-,37-,38+,39+,42?,43+,44-,45+,46-,48-,49-,51-,52-,54+,55-,56-,57?,58-,59-/m0/s1. The molecule has 0 saturated carbocycles. The summed E-state index contributed by atoms with van der Waals surface area (Å²) in [5.41, 5.74) is 7.33. The van der Waals surface area contributed by atoms with Crippen LogP contribution in [-0.2, 0) is 28.5 Å². The van der Waals surface area contributed by atoms with Gasteiger partial charge in [0.25, 0.3) is 0 Å². The fraction of sp³-hybridized carbons (Fsp3) is 0.610. The number of anilines is 1. The Balaban J connectivity index is 1.51. The maximum atomic E-state index is 13.3. The quantitative estimate of drug-likeness (QED) is 0.0903. The van der Waals surface area contributed by atoms with Crippen LogP contribution in [0.2, 0.25) is 0 Å². The monoisotopic (exact) mass is 1100 g/mol. The molecule has 3 aliphatic rings. The molecule has 19 nitrogen and oxygen atoms in total. The van der Waals surface area contributed by atoms with E-state index in [0.717, 1.165) is 5.69 Å². The number of benzene rings is 1. The zero-order valence-corrected chi connectivity index (χ0v) is 45.7. The molecular formula is C59H88N2O17. The average molecular weight is 1100 g/mol. The van der Waals surface area contributed by atoms with Gasteiger partial charge in [-0.25, -0.2) is 0 Å². The number of nitrogens with one attached hydrogen (secondary N) is 1. The van der Waals surface area contributed by atoms with Crippen molar-refractivity contribution in [1.29, 1.82) is 0 Å². The number of allylic oxidation sites excluding steroid dienone is 12. The molecule has 0 aromatic heterocycles. The van der Waals surface area contributed by atoms with E-state index >= 15 is 0 Å². The van der Waals surface area contributed by atoms with Crippen LogP contribution in [0.25, 0.3) is 0 Å². The van der Waals surface area contributed by atoms with Gasteiger partial charge in [-0.2, -0.15) is 0 Å². The Labute approximate surface area is 459 Å². The number of hydrogen-bond acceptors (Lipinski definition) is 19. The van der Waals surface area contributed by atoms with Gasteiger partial charge in [0, 0.05) is 62.2 Å². The van der Waals surface area contributed by atoms with Gasteiger partial charge in [-0.15, -0.1) is 0 Å². The number of fused-ring (bicyclic) bond motifs is 2. The molecule has 19 atom stereocenters. The zero-order chi connectivity index (χ0) is 57.5. The van der Waals surface area contributed by atoms with Crippen molar-refractivity contribution in [3.05, 3.63) is 115 Å². The summed E-state index contributed by atoms with van der Waals surface area (Å²) in [7, 11) is 1.77. The lowest BCUT2D eigenvalue weighted by molar-refractivity contribution is -0.309. The van der Waals surface area contributed by atoms with Crippen LogP contribution < -0.4 is 11.1 Å². The zero-order valence-electron chi connectivity index (χ0n) is 45.7. The Morgan fingerprint density at radius 2 is 1.27 bits per heavy atom. The molecule has 2 fully saturated rings. The molecule has 436 valence electrons. The lowest BCUT2D eigenvalue weighted by Crippen LogP contribution is -2.61. The molecule has 4 rings (SSSR count). The highest BCUT2D eigenvalue weighted by atomic mass is 16.7. The number of ether oxygens (including phenoxy) is 4. The number of ketones is 2. The van der Waals surface area contributed by atoms with Crippen molar-refractivity contribution in [2.45, 2.75) is 202 Å². The number of hydrogen-bond donors (Lipinski definition) is 12. The van der Waals surface area contributed by atoms with Crippen LogP contribution in [0.5, 0.6) is 0 Å². The van der Waals surface area contributed by atoms with Crippen molar-refractivity contribution in [2.75, 3.05) is 12.4 Å². The summed E-state index contributed by atoms with van der Waals surface area (Å²) in [6, 6.07) is 6.06. The summed E-state index contributed by atoms with van der Waals surface area (Å²) in [6.07, 6.45) is 6.32. The number of carbonyl (C=O) groups excluding carboxylic acids is 3. The number of esters is 1. The van der Waals surface area contributed by atoms with Crippen LogP contribution in [0.4, 0.5) is 5.69 Å². The first-order chi connectivity index (χ1) is 37.0. The third-order valence-corrected chi connectivity index (χ3v) is 14.5. The molecule has 0 amide bonds. The van der Waals surface area contributed by atoms with E-state index < -0.39 is 134 Å². The number of aliphatic hydroxyl groups excluding tert-OH is 9. The lowest BCUT2D eigenvalue weighted by atomic mass is 9.84. The molecular weight excluding hydrogens is 1010 g/mol. The maximum Gasteiger partial charge on any atom is 0.313 e. The van der Waals surface area contributed by atoms with Crippen LogP contribution in [0.15, 0.2) is 109 Å². The van der Waals surface area contributed by atoms with E-state index in [4.69, 9.17) is 24.7 Å². The van der Waals surface area contributed by atoms with Gasteiger partial charge >= 0.3 is 5.97 Å². The highest BCUT2D eigenvalue weighted by molar-refractivity contribution is 5.97. The van der Waals surface area contributed by atoms with Crippen molar-refractivity contribution in [3.63, 3.8) is 0 Å². The normalized spacial score (nSPS) is 35.9. The van der Waals surface area contributed by atoms with Gasteiger partial charge in [-0.05, 0) is 75.6 Å². The minimum absolute atomic E-state index is 0.0238. The molecule has 2 unspecified atom stereocenters. The molecule has 78 heavy (non-hydrogen) atoms. The summed E-state index contributed by atoms with van der Waals surface area (Å²) in [5.74, 6) is -4.97. The first-order valence-corrected chi connectivity index (χ1v) is 27.3. The van der Waals surface area contributed by atoms with Crippen LogP contribution in [0, 0.1) is 17.8 Å². The van der Waals surface area contributed by atoms with Crippen LogP contribution in [0.1, 0.15) is 115 Å². The summed E-state index contributed by atoms with van der Waals surface area (Å²) >= 11 is 0. The molecule has 3 aliphatic heterocycles. The van der Waals surface area contributed by atoms with Crippen molar-refractivity contribution in [2.24, 2.45) is 23.5 Å². The molecule has 0 aliphatic carbocycles. The molecule has 2 saturated heterocycles. The fourth-order valence-corrected chi connectivity index (χ4v) is 9.90. The molecule has 13 N–H and O–H groups in total. The number of nitrogens with two attached hydrogens (primary N) is 1. The average Bonchev–Trinajstić information content (AvgIpc) is 3.38. The second-order valence-corrected chi connectivity index (χ2v) is 21.4. The number of carbonyl (C=O) groups is 3. The predicted octanol–water partition coefficient (Wildman–Crippen LogP) is 3.68. The van der Waals surface area contributed by atoms with Crippen LogP contribution >= 0.6 is 0 Å². The van der Waals surface area contributed by atoms with E-state index in [1.54, 1.807) is 99.8 Å². The Hall–Kier alpha value is -4.55. The van der Waals surface area contributed by atoms with E-state index in [1.807, 2.05) is 44.2 Å². The van der Waals surface area contributed by atoms with Crippen molar-refractivity contribution in [1.82, 2.24) is 0 Å². The molecule has 1 aromatic rings. The highest BCUT2D eigenvalue weighted by Gasteiger charge is 2.47. The third-order valence-electron chi connectivity index (χ3n) is 14.5. The summed E-state index contributed by atoms with van der Waals surface area (Å²) in [5, 5.41) is 112. The number of rotatable bonds is 10. The third kappa shape index (κ3) is 22.9. The summed E-state index contributed by atoms with van der Waals surface area (Å²) < 4.78 is 24.1. The van der Waals surface area contributed by atoms with E-state index in [9.17, 15) is 65.4 Å². The Bertz CT molecular complexity index is 2200. The van der Waals surface area contributed by atoms with Gasteiger partial charge < -0.3 is 81.1 Å². The maximum absolute atomic E-state index is 13.3. The first kappa shape index (κ1) is 66.0.